The molecule has 5 heteroatoms. The molecule has 3 saturated carbocycles. The Morgan fingerprint density at radius 2 is 2.00 bits per heavy atom. The van der Waals surface area contributed by atoms with Crippen LogP contribution in [0.15, 0.2) is 0 Å². The van der Waals surface area contributed by atoms with Gasteiger partial charge >= 0.3 is 7.12 Å². The molecular formula is C12H23BClNO2. The molecule has 3 nitrogen and oxygen atoms in total. The first kappa shape index (κ1) is 13.7. The minimum Gasteiger partial charge on any atom is -0.405 e. The lowest BCUT2D eigenvalue weighted by molar-refractivity contribution is -0.199. The molecule has 1 aliphatic heterocycles. The lowest BCUT2D eigenvalue weighted by Crippen LogP contribution is -2.65. The Balaban J connectivity index is 0.00000108. The normalized spacial score (nSPS) is 45.9. The Bertz CT molecular complexity index is 315. The Hall–Kier alpha value is 0.235. The molecule has 0 aromatic rings. The van der Waals surface area contributed by atoms with Crippen molar-refractivity contribution in [2.45, 2.75) is 45.3 Å². The van der Waals surface area contributed by atoms with Crippen LogP contribution in [0, 0.1) is 17.3 Å². The van der Waals surface area contributed by atoms with Gasteiger partial charge in [-0.25, -0.2) is 0 Å². The van der Waals surface area contributed by atoms with E-state index in [0.29, 0.717) is 17.4 Å². The highest BCUT2D eigenvalue weighted by Gasteiger charge is 2.67. The Kier molecular flexibility index (Phi) is 3.31. The van der Waals surface area contributed by atoms with Gasteiger partial charge in [0.05, 0.1) is 11.7 Å². The quantitative estimate of drug-likeness (QED) is 0.769. The second-order valence-corrected chi connectivity index (χ2v) is 6.46. The van der Waals surface area contributed by atoms with Crippen LogP contribution in [0.5, 0.6) is 0 Å². The van der Waals surface area contributed by atoms with Gasteiger partial charge in [0, 0.05) is 6.44 Å². The van der Waals surface area contributed by atoms with Crippen molar-refractivity contribution in [3.63, 3.8) is 0 Å². The minimum atomic E-state index is -0.0462. The third-order valence-corrected chi connectivity index (χ3v) is 5.37. The summed E-state index contributed by atoms with van der Waals surface area (Å²) in [5.41, 5.74) is 0.406. The smallest absolute Gasteiger partial charge is 0.405 e. The molecule has 4 fully saturated rings. The molecule has 0 amide bonds. The summed E-state index contributed by atoms with van der Waals surface area (Å²) >= 11 is 0. The van der Waals surface area contributed by atoms with Crippen LogP contribution >= 0.6 is 12.4 Å². The number of halogens is 1. The van der Waals surface area contributed by atoms with Gasteiger partial charge in [0.1, 0.15) is 0 Å². The van der Waals surface area contributed by atoms with Gasteiger partial charge < -0.3 is 14.6 Å². The molecule has 1 N–H and O–H groups in total. The monoisotopic (exact) mass is 259 g/mol. The molecule has 0 aromatic heterocycles. The van der Waals surface area contributed by atoms with Crippen molar-refractivity contribution in [1.29, 1.82) is 0 Å². The Morgan fingerprint density at radius 3 is 2.59 bits per heavy atom. The lowest BCUT2D eigenvalue weighted by atomic mass is 9.43. The van der Waals surface area contributed by atoms with E-state index in [2.05, 4.69) is 26.1 Å². The van der Waals surface area contributed by atoms with Crippen molar-refractivity contribution < 1.29 is 9.31 Å². The van der Waals surface area contributed by atoms with Gasteiger partial charge in [0.2, 0.25) is 0 Å². The van der Waals surface area contributed by atoms with Gasteiger partial charge in [-0.05, 0) is 44.1 Å². The zero-order valence-corrected chi connectivity index (χ0v) is 12.0. The number of hydrogen-bond donors (Lipinski definition) is 1. The number of rotatable bonds is 2. The van der Waals surface area contributed by atoms with Crippen molar-refractivity contribution in [2.75, 3.05) is 13.5 Å². The van der Waals surface area contributed by atoms with Crippen LogP contribution in [-0.2, 0) is 9.31 Å². The van der Waals surface area contributed by atoms with Crippen molar-refractivity contribution >= 4 is 19.5 Å². The average molecular weight is 260 g/mol. The molecule has 3 aliphatic carbocycles. The van der Waals surface area contributed by atoms with Gasteiger partial charge in [0.15, 0.2) is 0 Å². The fourth-order valence-electron chi connectivity index (χ4n) is 4.20. The van der Waals surface area contributed by atoms with E-state index in [1.165, 1.54) is 12.8 Å². The molecule has 2 bridgehead atoms. The van der Waals surface area contributed by atoms with E-state index in [0.717, 1.165) is 12.4 Å². The summed E-state index contributed by atoms with van der Waals surface area (Å²) in [4.78, 5) is 0. The number of nitrogens with one attached hydrogen (secondary N) is 1. The summed E-state index contributed by atoms with van der Waals surface area (Å²) in [5.74, 6) is 1.51. The SMILES string of the molecule is CNCB1OC2CC3CC(C3(C)C)[C@]2(C)O1.Cl. The molecule has 0 spiro atoms. The lowest BCUT2D eigenvalue weighted by Gasteiger charge is -2.64. The standard InChI is InChI=1S/C12H22BNO2.ClH/c1-11(2)8-5-9(11)12(3)10(6-8)15-13(16-12)7-14-4;/h8-10,14H,5-7H2,1-4H3;1H/t8?,9?,10?,12-;/m0./s1. The summed E-state index contributed by atoms with van der Waals surface area (Å²) in [6.45, 7) is 7.04. The molecule has 98 valence electrons. The first-order chi connectivity index (χ1) is 7.48. The van der Waals surface area contributed by atoms with Crippen LogP contribution in [0.1, 0.15) is 33.6 Å². The van der Waals surface area contributed by atoms with Gasteiger partial charge in [-0.1, -0.05) is 13.8 Å². The van der Waals surface area contributed by atoms with E-state index >= 15 is 0 Å². The Morgan fingerprint density at radius 1 is 1.29 bits per heavy atom. The minimum absolute atomic E-state index is 0. The van der Waals surface area contributed by atoms with Crippen LogP contribution in [0.2, 0.25) is 0 Å². The zero-order chi connectivity index (χ0) is 11.6. The molecule has 17 heavy (non-hydrogen) atoms. The molecule has 0 radical (unpaired) electrons. The topological polar surface area (TPSA) is 30.5 Å². The molecular weight excluding hydrogens is 236 g/mol. The van der Waals surface area contributed by atoms with E-state index < -0.39 is 0 Å². The summed E-state index contributed by atoms with van der Waals surface area (Å²) in [7, 11) is 1.90. The average Bonchev–Trinajstić information content (AvgIpc) is 2.53. The zero-order valence-electron chi connectivity index (χ0n) is 11.2. The van der Waals surface area contributed by atoms with Crippen LogP contribution in [0.25, 0.3) is 0 Å². The molecule has 0 aromatic carbocycles. The maximum Gasteiger partial charge on any atom is 0.472 e. The Labute approximate surface area is 111 Å². The van der Waals surface area contributed by atoms with Gasteiger partial charge in [-0.2, -0.15) is 0 Å². The van der Waals surface area contributed by atoms with Crippen LogP contribution in [0.4, 0.5) is 0 Å². The molecule has 1 heterocycles. The third-order valence-electron chi connectivity index (χ3n) is 5.37. The molecule has 1 saturated heterocycles. The van der Waals surface area contributed by atoms with Gasteiger partial charge in [-0.15, -0.1) is 12.4 Å². The second-order valence-electron chi connectivity index (χ2n) is 6.46. The van der Waals surface area contributed by atoms with Crippen molar-refractivity contribution in [3.05, 3.63) is 0 Å². The second kappa shape index (κ2) is 4.12. The predicted octanol–water partition coefficient (Wildman–Crippen LogP) is 1.90. The van der Waals surface area contributed by atoms with E-state index in [1.807, 2.05) is 7.05 Å². The highest BCUT2D eigenvalue weighted by molar-refractivity contribution is 6.45. The maximum atomic E-state index is 6.19. The van der Waals surface area contributed by atoms with E-state index in [4.69, 9.17) is 9.31 Å². The van der Waals surface area contributed by atoms with Crippen LogP contribution < -0.4 is 5.32 Å². The fraction of sp³-hybridized carbons (Fsp3) is 1.00. The number of hydrogen-bond acceptors (Lipinski definition) is 3. The van der Waals surface area contributed by atoms with E-state index in [-0.39, 0.29) is 25.1 Å². The molecule has 4 rings (SSSR count). The first-order valence-electron chi connectivity index (χ1n) is 6.46. The van der Waals surface area contributed by atoms with Gasteiger partial charge in [-0.3, -0.25) is 0 Å². The van der Waals surface area contributed by atoms with Crippen LogP contribution in [-0.4, -0.2) is 32.3 Å². The van der Waals surface area contributed by atoms with Crippen molar-refractivity contribution in [1.82, 2.24) is 5.32 Å². The molecule has 3 unspecified atom stereocenters. The summed E-state index contributed by atoms with van der Waals surface area (Å²) in [5, 5.41) is 3.14. The largest absolute Gasteiger partial charge is 0.472 e. The van der Waals surface area contributed by atoms with Crippen LogP contribution in [0.3, 0.4) is 0 Å². The summed E-state index contributed by atoms with van der Waals surface area (Å²) in [6.07, 6.45) is 3.63. The fourth-order valence-corrected chi connectivity index (χ4v) is 4.20. The van der Waals surface area contributed by atoms with E-state index in [9.17, 15) is 0 Å². The maximum absolute atomic E-state index is 6.19. The summed E-state index contributed by atoms with van der Waals surface area (Å²) in [6, 6.07) is 0. The summed E-state index contributed by atoms with van der Waals surface area (Å²) < 4.78 is 12.2. The third kappa shape index (κ3) is 1.68. The highest BCUT2D eigenvalue weighted by atomic mass is 35.5. The molecule has 4 atom stereocenters. The first-order valence-corrected chi connectivity index (χ1v) is 6.46. The van der Waals surface area contributed by atoms with Crippen molar-refractivity contribution in [2.24, 2.45) is 17.3 Å². The van der Waals surface area contributed by atoms with Crippen molar-refractivity contribution in [3.8, 4) is 0 Å². The van der Waals surface area contributed by atoms with Gasteiger partial charge in [0.25, 0.3) is 0 Å². The van der Waals surface area contributed by atoms with E-state index in [1.54, 1.807) is 0 Å². The highest BCUT2D eigenvalue weighted by Crippen LogP contribution is 2.65. The predicted molar refractivity (Wildman–Crippen MR) is 71.3 cm³/mol. The molecule has 4 aliphatic rings.